The number of aliphatic carboxylic acids is 1. The van der Waals surface area contributed by atoms with Crippen LogP contribution < -0.4 is 10.6 Å². The van der Waals surface area contributed by atoms with Crippen LogP contribution in [0.4, 0.5) is 4.79 Å². The summed E-state index contributed by atoms with van der Waals surface area (Å²) < 4.78 is 5.33. The topological polar surface area (TPSA) is 87.7 Å². The highest BCUT2D eigenvalue weighted by atomic mass is 16.5. The van der Waals surface area contributed by atoms with Crippen LogP contribution >= 0.6 is 0 Å². The number of amides is 2. The fourth-order valence-corrected chi connectivity index (χ4v) is 1.90. The van der Waals surface area contributed by atoms with Gasteiger partial charge < -0.3 is 20.5 Å². The summed E-state index contributed by atoms with van der Waals surface area (Å²) in [7, 11) is 0. The summed E-state index contributed by atoms with van der Waals surface area (Å²) in [6.45, 7) is 5.61. The van der Waals surface area contributed by atoms with E-state index in [1.807, 2.05) is 0 Å². The molecule has 0 spiro atoms. The van der Waals surface area contributed by atoms with Gasteiger partial charge in [0.2, 0.25) is 0 Å². The van der Waals surface area contributed by atoms with Crippen molar-refractivity contribution in [3.8, 4) is 0 Å². The lowest BCUT2D eigenvalue weighted by atomic mass is 9.88. The highest BCUT2D eigenvalue weighted by Crippen LogP contribution is 2.19. The smallest absolute Gasteiger partial charge is 0.314 e. The quantitative estimate of drug-likeness (QED) is 0.678. The van der Waals surface area contributed by atoms with Crippen LogP contribution in [-0.2, 0) is 9.53 Å². The molecule has 1 rings (SSSR count). The number of urea groups is 1. The Balaban J connectivity index is 2.25. The van der Waals surface area contributed by atoms with Crippen molar-refractivity contribution in [1.82, 2.24) is 10.6 Å². The molecule has 0 aromatic heterocycles. The van der Waals surface area contributed by atoms with Crippen LogP contribution in [0.2, 0.25) is 0 Å². The second-order valence-corrected chi connectivity index (χ2v) is 5.37. The van der Waals surface area contributed by atoms with Crippen molar-refractivity contribution in [1.29, 1.82) is 0 Å². The first-order chi connectivity index (χ1) is 8.98. The lowest BCUT2D eigenvalue weighted by molar-refractivity contribution is -0.147. The number of carboxylic acid groups (broad SMARTS) is 1. The molecule has 3 N–H and O–H groups in total. The van der Waals surface area contributed by atoms with Gasteiger partial charge in [0.1, 0.15) is 0 Å². The molecular weight excluding hydrogens is 248 g/mol. The zero-order valence-corrected chi connectivity index (χ0v) is 11.7. The average molecular weight is 272 g/mol. The number of ether oxygens (including phenoxy) is 1. The number of hydrogen-bond donors (Lipinski definition) is 3. The van der Waals surface area contributed by atoms with E-state index >= 15 is 0 Å². The molecule has 6 nitrogen and oxygen atoms in total. The van der Waals surface area contributed by atoms with Gasteiger partial charge in [-0.2, -0.15) is 0 Å². The Morgan fingerprint density at radius 1 is 1.42 bits per heavy atom. The van der Waals surface area contributed by atoms with Gasteiger partial charge in [0.05, 0.1) is 12.0 Å². The Labute approximate surface area is 113 Å². The molecule has 0 bridgehead atoms. The Morgan fingerprint density at radius 3 is 2.68 bits per heavy atom. The number of carbonyl (C=O) groups excluding carboxylic acids is 1. The fourth-order valence-electron chi connectivity index (χ4n) is 1.90. The van der Waals surface area contributed by atoms with Crippen LogP contribution in [0.3, 0.4) is 0 Å². The van der Waals surface area contributed by atoms with Crippen molar-refractivity contribution in [3.63, 3.8) is 0 Å². The van der Waals surface area contributed by atoms with Gasteiger partial charge in [0.25, 0.3) is 0 Å². The summed E-state index contributed by atoms with van der Waals surface area (Å²) in [6, 6.07) is -0.313. The van der Waals surface area contributed by atoms with Crippen LogP contribution in [0.1, 0.15) is 33.1 Å². The number of hydrogen-bond acceptors (Lipinski definition) is 3. The zero-order chi connectivity index (χ0) is 14.3. The van der Waals surface area contributed by atoms with Crippen LogP contribution in [0.25, 0.3) is 0 Å². The van der Waals surface area contributed by atoms with E-state index in [-0.39, 0.29) is 12.6 Å². The largest absolute Gasteiger partial charge is 0.481 e. The highest BCUT2D eigenvalue weighted by Gasteiger charge is 2.31. The van der Waals surface area contributed by atoms with E-state index in [1.165, 1.54) is 0 Å². The van der Waals surface area contributed by atoms with Crippen molar-refractivity contribution in [2.75, 3.05) is 26.3 Å². The maximum atomic E-state index is 11.6. The van der Waals surface area contributed by atoms with Crippen LogP contribution in [0.5, 0.6) is 0 Å². The van der Waals surface area contributed by atoms with E-state index in [0.29, 0.717) is 25.5 Å². The molecule has 6 heteroatoms. The first-order valence-corrected chi connectivity index (χ1v) is 6.81. The van der Waals surface area contributed by atoms with E-state index in [1.54, 1.807) is 13.8 Å². The molecule has 1 aliphatic rings. The molecule has 0 aromatic carbocycles. The summed E-state index contributed by atoms with van der Waals surface area (Å²) in [4.78, 5) is 22.7. The summed E-state index contributed by atoms with van der Waals surface area (Å²) >= 11 is 0. The molecule has 0 aromatic rings. The molecule has 0 saturated carbocycles. The molecule has 19 heavy (non-hydrogen) atoms. The van der Waals surface area contributed by atoms with Gasteiger partial charge in [0, 0.05) is 19.7 Å². The van der Waals surface area contributed by atoms with Gasteiger partial charge in [-0.15, -0.1) is 0 Å². The van der Waals surface area contributed by atoms with Crippen LogP contribution in [0.15, 0.2) is 0 Å². The van der Waals surface area contributed by atoms with Crippen LogP contribution in [0, 0.1) is 11.3 Å². The minimum atomic E-state index is -0.911. The lowest BCUT2D eigenvalue weighted by Crippen LogP contribution is -2.46. The second-order valence-electron chi connectivity index (χ2n) is 5.37. The molecule has 2 atom stereocenters. The van der Waals surface area contributed by atoms with Crippen molar-refractivity contribution < 1.29 is 19.4 Å². The summed E-state index contributed by atoms with van der Waals surface area (Å²) in [6.07, 6.45) is 2.56. The van der Waals surface area contributed by atoms with Crippen LogP contribution in [-0.4, -0.2) is 43.4 Å². The normalized spacial score (nSPS) is 22.3. The minimum absolute atomic E-state index is 0.131. The summed E-state index contributed by atoms with van der Waals surface area (Å²) in [5.74, 6) is -0.535. The molecule has 2 unspecified atom stereocenters. The second kappa shape index (κ2) is 7.33. The standard InChI is InChI=1S/C13H24N2O4/c1-3-13(2,11(16)17)9-15-12(18)14-7-10-5-4-6-19-8-10/h10H,3-9H2,1-2H3,(H,16,17)(H2,14,15,18). The first-order valence-electron chi connectivity index (χ1n) is 6.81. The van der Waals surface area contributed by atoms with Gasteiger partial charge in [-0.25, -0.2) is 4.79 Å². The Morgan fingerprint density at radius 2 is 2.16 bits per heavy atom. The maximum absolute atomic E-state index is 11.6. The van der Waals surface area contributed by atoms with E-state index in [0.717, 1.165) is 19.4 Å². The number of carboxylic acids is 1. The fraction of sp³-hybridized carbons (Fsp3) is 0.846. The Bertz CT molecular complexity index is 316. The molecule has 1 heterocycles. The molecule has 1 aliphatic heterocycles. The third-order valence-electron chi connectivity index (χ3n) is 3.74. The van der Waals surface area contributed by atoms with Gasteiger partial charge in [0.15, 0.2) is 0 Å². The van der Waals surface area contributed by atoms with Gasteiger partial charge in [-0.1, -0.05) is 6.92 Å². The van der Waals surface area contributed by atoms with Gasteiger partial charge >= 0.3 is 12.0 Å². The highest BCUT2D eigenvalue weighted by molar-refractivity contribution is 5.77. The van der Waals surface area contributed by atoms with Crippen molar-refractivity contribution in [2.24, 2.45) is 11.3 Å². The van der Waals surface area contributed by atoms with Crippen molar-refractivity contribution >= 4 is 12.0 Å². The van der Waals surface area contributed by atoms with E-state index in [9.17, 15) is 9.59 Å². The number of rotatable bonds is 6. The Kier molecular flexibility index (Phi) is 6.08. The molecule has 0 aliphatic carbocycles. The monoisotopic (exact) mass is 272 g/mol. The van der Waals surface area contributed by atoms with Gasteiger partial charge in [-0.05, 0) is 32.1 Å². The zero-order valence-electron chi connectivity index (χ0n) is 11.7. The number of nitrogens with one attached hydrogen (secondary N) is 2. The summed E-state index contributed by atoms with van der Waals surface area (Å²) in [5.41, 5.74) is -0.911. The van der Waals surface area contributed by atoms with Crippen molar-refractivity contribution in [3.05, 3.63) is 0 Å². The predicted molar refractivity (Wildman–Crippen MR) is 71.0 cm³/mol. The molecule has 1 saturated heterocycles. The molecule has 1 fully saturated rings. The van der Waals surface area contributed by atoms with Gasteiger partial charge in [-0.3, -0.25) is 4.79 Å². The minimum Gasteiger partial charge on any atom is -0.481 e. The number of carbonyl (C=O) groups is 2. The third-order valence-corrected chi connectivity index (χ3v) is 3.74. The van der Waals surface area contributed by atoms with E-state index in [4.69, 9.17) is 9.84 Å². The molecule has 110 valence electrons. The Hall–Kier alpha value is -1.30. The van der Waals surface area contributed by atoms with Crippen molar-refractivity contribution in [2.45, 2.75) is 33.1 Å². The van der Waals surface area contributed by atoms with E-state index < -0.39 is 11.4 Å². The predicted octanol–water partition coefficient (Wildman–Crippen LogP) is 1.21. The third kappa shape index (κ3) is 5.06. The molecule has 0 radical (unpaired) electrons. The SMILES string of the molecule is CCC(C)(CNC(=O)NCC1CCCOC1)C(=O)O. The average Bonchev–Trinajstić information content (AvgIpc) is 2.43. The lowest BCUT2D eigenvalue weighted by Gasteiger charge is -2.25. The maximum Gasteiger partial charge on any atom is 0.314 e. The summed E-state index contributed by atoms with van der Waals surface area (Å²) in [5, 5.41) is 14.5. The van der Waals surface area contributed by atoms with E-state index in [2.05, 4.69) is 10.6 Å². The molecular formula is C13H24N2O4. The molecule has 2 amide bonds. The first kappa shape index (κ1) is 15.8.